The molecule has 6 heteroatoms. The molecule has 1 heterocycles. The van der Waals surface area contributed by atoms with E-state index in [1.54, 1.807) is 0 Å². The zero-order valence-electron chi connectivity index (χ0n) is 13.8. The van der Waals surface area contributed by atoms with Crippen LogP contribution in [0.4, 0.5) is 0 Å². The van der Waals surface area contributed by atoms with E-state index in [1.165, 1.54) is 0 Å². The van der Waals surface area contributed by atoms with Crippen molar-refractivity contribution in [3.8, 4) is 11.4 Å². The first-order chi connectivity index (χ1) is 12.1. The quantitative estimate of drug-likeness (QED) is 0.719. The zero-order chi connectivity index (χ0) is 17.6. The van der Waals surface area contributed by atoms with Crippen LogP contribution in [-0.2, 0) is 11.2 Å². The third-order valence-electron chi connectivity index (χ3n) is 3.81. The van der Waals surface area contributed by atoms with E-state index in [-0.39, 0.29) is 18.4 Å². The van der Waals surface area contributed by atoms with Gasteiger partial charge in [-0.3, -0.25) is 4.79 Å². The largest absolute Gasteiger partial charge is 0.350 e. The predicted octanol–water partition coefficient (Wildman–Crippen LogP) is 4.20. The van der Waals surface area contributed by atoms with Crippen LogP contribution in [0.5, 0.6) is 0 Å². The van der Waals surface area contributed by atoms with Gasteiger partial charge in [0.2, 0.25) is 17.6 Å². The van der Waals surface area contributed by atoms with E-state index in [2.05, 4.69) is 15.5 Å². The van der Waals surface area contributed by atoms with Crippen LogP contribution >= 0.6 is 11.6 Å². The zero-order valence-corrected chi connectivity index (χ0v) is 14.5. The van der Waals surface area contributed by atoms with E-state index < -0.39 is 0 Å². The fourth-order valence-corrected chi connectivity index (χ4v) is 2.56. The van der Waals surface area contributed by atoms with Gasteiger partial charge in [0.1, 0.15) is 0 Å². The molecule has 0 fully saturated rings. The molecule has 0 spiro atoms. The van der Waals surface area contributed by atoms with Crippen LogP contribution in [0.1, 0.15) is 30.8 Å². The average Bonchev–Trinajstić information content (AvgIpc) is 3.10. The number of hydrogen-bond donors (Lipinski definition) is 1. The second-order valence-corrected chi connectivity index (χ2v) is 6.15. The number of hydrogen-bond acceptors (Lipinski definition) is 4. The summed E-state index contributed by atoms with van der Waals surface area (Å²) in [6.07, 6.45) is 0.688. The van der Waals surface area contributed by atoms with Crippen molar-refractivity contribution < 1.29 is 9.32 Å². The lowest BCUT2D eigenvalue weighted by molar-refractivity contribution is -0.121. The first-order valence-corrected chi connectivity index (χ1v) is 8.42. The van der Waals surface area contributed by atoms with Crippen molar-refractivity contribution in [3.63, 3.8) is 0 Å². The van der Waals surface area contributed by atoms with Gasteiger partial charge in [-0.2, -0.15) is 4.98 Å². The molecule has 1 N–H and O–H groups in total. The second kappa shape index (κ2) is 7.94. The SMILES string of the molecule is CC(NC(=O)CCc1nc(-c2ccccc2)no1)c1ccc(Cl)cc1. The Labute approximate surface area is 151 Å². The van der Waals surface area contributed by atoms with Crippen molar-refractivity contribution in [1.29, 1.82) is 0 Å². The van der Waals surface area contributed by atoms with Crippen LogP contribution in [0.3, 0.4) is 0 Å². The smallest absolute Gasteiger partial charge is 0.227 e. The molecule has 128 valence electrons. The van der Waals surface area contributed by atoms with Crippen molar-refractivity contribution >= 4 is 17.5 Å². The Morgan fingerprint density at radius 1 is 1.16 bits per heavy atom. The summed E-state index contributed by atoms with van der Waals surface area (Å²) >= 11 is 5.88. The van der Waals surface area contributed by atoms with Gasteiger partial charge in [-0.05, 0) is 24.6 Å². The van der Waals surface area contributed by atoms with Gasteiger partial charge in [0.05, 0.1) is 6.04 Å². The molecule has 0 saturated carbocycles. The number of nitrogens with one attached hydrogen (secondary N) is 1. The van der Waals surface area contributed by atoms with E-state index in [0.717, 1.165) is 11.1 Å². The van der Waals surface area contributed by atoms with E-state index in [9.17, 15) is 4.79 Å². The molecule has 0 radical (unpaired) electrons. The average molecular weight is 356 g/mol. The maximum atomic E-state index is 12.1. The summed E-state index contributed by atoms with van der Waals surface area (Å²) < 4.78 is 5.22. The van der Waals surface area contributed by atoms with Gasteiger partial charge in [-0.15, -0.1) is 0 Å². The molecular formula is C19H18ClN3O2. The molecule has 1 unspecified atom stereocenters. The molecule has 2 aromatic carbocycles. The summed E-state index contributed by atoms with van der Waals surface area (Å²) in [6.45, 7) is 1.93. The van der Waals surface area contributed by atoms with Gasteiger partial charge in [0.25, 0.3) is 0 Å². The van der Waals surface area contributed by atoms with Gasteiger partial charge >= 0.3 is 0 Å². The Kier molecular flexibility index (Phi) is 5.46. The summed E-state index contributed by atoms with van der Waals surface area (Å²) in [6, 6.07) is 16.9. The minimum absolute atomic E-state index is 0.0677. The molecule has 1 atom stereocenters. The molecule has 3 rings (SSSR count). The third kappa shape index (κ3) is 4.67. The number of nitrogens with zero attached hydrogens (tertiary/aromatic N) is 2. The molecule has 5 nitrogen and oxygen atoms in total. The minimum Gasteiger partial charge on any atom is -0.350 e. The van der Waals surface area contributed by atoms with E-state index >= 15 is 0 Å². The summed E-state index contributed by atoms with van der Waals surface area (Å²) in [5.74, 6) is 0.917. The number of aryl methyl sites for hydroxylation is 1. The highest BCUT2D eigenvalue weighted by Gasteiger charge is 2.13. The van der Waals surface area contributed by atoms with E-state index in [1.807, 2.05) is 61.5 Å². The van der Waals surface area contributed by atoms with Crippen molar-refractivity contribution in [2.45, 2.75) is 25.8 Å². The highest BCUT2D eigenvalue weighted by Crippen LogP contribution is 2.17. The topological polar surface area (TPSA) is 68.0 Å². The van der Waals surface area contributed by atoms with Crippen molar-refractivity contribution in [3.05, 3.63) is 71.1 Å². The molecule has 3 aromatic rings. The van der Waals surface area contributed by atoms with Gasteiger partial charge in [-0.25, -0.2) is 0 Å². The lowest BCUT2D eigenvalue weighted by atomic mass is 10.1. The van der Waals surface area contributed by atoms with E-state index in [0.29, 0.717) is 23.2 Å². The number of carbonyl (C=O) groups is 1. The Balaban J connectivity index is 1.52. The summed E-state index contributed by atoms with van der Waals surface area (Å²) in [5.41, 5.74) is 1.89. The monoisotopic (exact) mass is 355 g/mol. The standard InChI is InChI=1S/C19H18ClN3O2/c1-13(14-7-9-16(20)10-8-14)21-17(24)11-12-18-22-19(23-25-18)15-5-3-2-4-6-15/h2-10,13H,11-12H2,1H3,(H,21,24). The van der Waals surface area contributed by atoms with Crippen LogP contribution in [0.15, 0.2) is 59.1 Å². The Hall–Kier alpha value is -2.66. The summed E-state index contributed by atoms with van der Waals surface area (Å²) in [4.78, 5) is 16.4. The maximum absolute atomic E-state index is 12.1. The Morgan fingerprint density at radius 2 is 1.88 bits per heavy atom. The first-order valence-electron chi connectivity index (χ1n) is 8.04. The minimum atomic E-state index is -0.0904. The fraction of sp³-hybridized carbons (Fsp3) is 0.211. The van der Waals surface area contributed by atoms with Crippen LogP contribution in [0.25, 0.3) is 11.4 Å². The third-order valence-corrected chi connectivity index (χ3v) is 4.07. The molecule has 1 amide bonds. The van der Waals surface area contributed by atoms with Gasteiger partial charge < -0.3 is 9.84 Å². The molecule has 0 aliphatic rings. The normalized spacial score (nSPS) is 11.9. The van der Waals surface area contributed by atoms with Crippen LogP contribution in [0.2, 0.25) is 5.02 Å². The summed E-state index contributed by atoms with van der Waals surface area (Å²) in [5, 5.41) is 7.58. The Morgan fingerprint density at radius 3 is 2.60 bits per heavy atom. The van der Waals surface area contributed by atoms with Crippen molar-refractivity contribution in [2.75, 3.05) is 0 Å². The number of carbonyl (C=O) groups excluding carboxylic acids is 1. The first kappa shape index (κ1) is 17.2. The highest BCUT2D eigenvalue weighted by atomic mass is 35.5. The lowest BCUT2D eigenvalue weighted by Crippen LogP contribution is -2.26. The predicted molar refractivity (Wildman–Crippen MR) is 96.1 cm³/mol. The molecule has 0 saturated heterocycles. The van der Waals surface area contributed by atoms with Gasteiger partial charge in [0, 0.05) is 23.4 Å². The highest BCUT2D eigenvalue weighted by molar-refractivity contribution is 6.30. The molecular weight excluding hydrogens is 338 g/mol. The van der Waals surface area contributed by atoms with Crippen LogP contribution < -0.4 is 5.32 Å². The molecule has 0 bridgehead atoms. The number of halogens is 1. The van der Waals surface area contributed by atoms with Crippen molar-refractivity contribution in [2.24, 2.45) is 0 Å². The molecule has 0 aliphatic carbocycles. The van der Waals surface area contributed by atoms with Crippen LogP contribution in [-0.4, -0.2) is 16.0 Å². The number of aromatic nitrogens is 2. The molecule has 1 aromatic heterocycles. The summed E-state index contributed by atoms with van der Waals surface area (Å²) in [7, 11) is 0. The Bertz CT molecular complexity index is 831. The van der Waals surface area contributed by atoms with Gasteiger partial charge in [-0.1, -0.05) is 59.2 Å². The fourth-order valence-electron chi connectivity index (χ4n) is 2.43. The maximum Gasteiger partial charge on any atom is 0.227 e. The number of rotatable bonds is 6. The molecule has 25 heavy (non-hydrogen) atoms. The van der Waals surface area contributed by atoms with Crippen LogP contribution in [0, 0.1) is 0 Å². The van der Waals surface area contributed by atoms with Gasteiger partial charge in [0.15, 0.2) is 0 Å². The van der Waals surface area contributed by atoms with Crippen molar-refractivity contribution in [1.82, 2.24) is 15.5 Å². The number of amides is 1. The number of benzene rings is 2. The van der Waals surface area contributed by atoms with E-state index in [4.69, 9.17) is 16.1 Å². The molecule has 0 aliphatic heterocycles. The second-order valence-electron chi connectivity index (χ2n) is 5.72. The lowest BCUT2D eigenvalue weighted by Gasteiger charge is -2.14.